The molecule has 0 saturated heterocycles. The molecule has 0 bridgehead atoms. The summed E-state index contributed by atoms with van der Waals surface area (Å²) in [4.78, 5) is 9.59. The van der Waals surface area contributed by atoms with Crippen LogP contribution in [0.4, 0.5) is 0 Å². The third-order valence-corrected chi connectivity index (χ3v) is 4.60. The van der Waals surface area contributed by atoms with E-state index in [4.69, 9.17) is 14.7 Å². The minimum absolute atomic E-state index is 0.554. The summed E-state index contributed by atoms with van der Waals surface area (Å²) >= 11 is 0. The minimum atomic E-state index is 0.554. The van der Waals surface area contributed by atoms with Crippen molar-refractivity contribution in [2.75, 3.05) is 13.1 Å². The second kappa shape index (κ2) is 6.28. The normalized spacial score (nSPS) is 17.4. The van der Waals surface area contributed by atoms with Crippen LogP contribution in [0.5, 0.6) is 5.88 Å². The Morgan fingerprint density at radius 1 is 1.09 bits per heavy atom. The maximum absolute atomic E-state index is 6.13. The molecule has 1 aromatic carbocycles. The summed E-state index contributed by atoms with van der Waals surface area (Å²) < 4.78 is 6.13. The van der Waals surface area contributed by atoms with Crippen molar-refractivity contribution in [2.45, 2.75) is 45.1 Å². The Kier molecular flexibility index (Phi) is 4.00. The maximum atomic E-state index is 6.13. The average molecular weight is 309 g/mol. The van der Waals surface area contributed by atoms with Crippen LogP contribution in [-0.4, -0.2) is 23.1 Å². The van der Waals surface area contributed by atoms with E-state index in [-0.39, 0.29) is 0 Å². The summed E-state index contributed by atoms with van der Waals surface area (Å²) in [5.74, 6) is 2.35. The van der Waals surface area contributed by atoms with E-state index in [9.17, 15) is 0 Å². The summed E-state index contributed by atoms with van der Waals surface area (Å²) in [5.41, 5.74) is 4.84. The first-order chi connectivity index (χ1) is 11.3. The number of ether oxygens (including phenoxy) is 1. The molecule has 0 atom stereocenters. The zero-order valence-corrected chi connectivity index (χ0v) is 13.6. The monoisotopic (exact) mass is 309 g/mol. The van der Waals surface area contributed by atoms with E-state index in [0.717, 1.165) is 37.6 Å². The lowest BCUT2D eigenvalue weighted by Crippen LogP contribution is -2.16. The lowest BCUT2D eigenvalue weighted by Gasteiger charge is -2.14. The van der Waals surface area contributed by atoms with Crippen molar-refractivity contribution < 1.29 is 4.74 Å². The lowest BCUT2D eigenvalue weighted by atomic mass is 10.1. The SMILES string of the molecule is Cc1ccc(COc2nc(C3CC3)nc3c2CCNCC3)cc1. The van der Waals surface area contributed by atoms with Crippen LogP contribution < -0.4 is 10.1 Å². The van der Waals surface area contributed by atoms with E-state index in [1.807, 2.05) is 0 Å². The van der Waals surface area contributed by atoms with E-state index in [0.29, 0.717) is 12.5 Å². The van der Waals surface area contributed by atoms with Crippen molar-refractivity contribution >= 4 is 0 Å². The molecule has 0 spiro atoms. The lowest BCUT2D eigenvalue weighted by molar-refractivity contribution is 0.288. The molecule has 1 aliphatic carbocycles. The first kappa shape index (κ1) is 14.6. The number of hydrogen-bond acceptors (Lipinski definition) is 4. The van der Waals surface area contributed by atoms with Crippen LogP contribution in [0.1, 0.15) is 47.0 Å². The quantitative estimate of drug-likeness (QED) is 0.943. The largest absolute Gasteiger partial charge is 0.473 e. The molecular weight excluding hydrogens is 286 g/mol. The Morgan fingerprint density at radius 3 is 2.65 bits per heavy atom. The summed E-state index contributed by atoms with van der Waals surface area (Å²) in [6, 6.07) is 8.49. The Balaban J connectivity index is 1.60. The average Bonchev–Trinajstić information content (AvgIpc) is 3.40. The van der Waals surface area contributed by atoms with Gasteiger partial charge in [-0.05, 0) is 38.3 Å². The number of rotatable bonds is 4. The van der Waals surface area contributed by atoms with E-state index < -0.39 is 0 Å². The number of nitrogens with one attached hydrogen (secondary N) is 1. The predicted octanol–water partition coefficient (Wildman–Crippen LogP) is 2.93. The number of hydrogen-bond donors (Lipinski definition) is 1. The van der Waals surface area contributed by atoms with Gasteiger partial charge in [-0.25, -0.2) is 4.98 Å². The van der Waals surface area contributed by atoms with Gasteiger partial charge in [0.1, 0.15) is 12.4 Å². The van der Waals surface area contributed by atoms with Crippen LogP contribution in [-0.2, 0) is 19.4 Å². The molecule has 2 heterocycles. The van der Waals surface area contributed by atoms with Gasteiger partial charge in [0.2, 0.25) is 5.88 Å². The molecule has 1 fully saturated rings. The van der Waals surface area contributed by atoms with E-state index in [1.165, 1.54) is 35.2 Å². The van der Waals surface area contributed by atoms with Crippen LogP contribution in [0.2, 0.25) is 0 Å². The van der Waals surface area contributed by atoms with Gasteiger partial charge in [0.15, 0.2) is 0 Å². The molecule has 120 valence electrons. The Hall–Kier alpha value is -1.94. The third kappa shape index (κ3) is 3.37. The molecule has 0 unspecified atom stereocenters. The molecule has 1 saturated carbocycles. The molecule has 1 N–H and O–H groups in total. The van der Waals surface area contributed by atoms with Gasteiger partial charge in [0, 0.05) is 24.4 Å². The topological polar surface area (TPSA) is 47.0 Å². The highest BCUT2D eigenvalue weighted by Crippen LogP contribution is 2.39. The number of nitrogens with zero attached hydrogens (tertiary/aromatic N) is 2. The molecule has 2 aliphatic rings. The number of fused-ring (bicyclic) bond motifs is 1. The van der Waals surface area contributed by atoms with Crippen LogP contribution in [0.15, 0.2) is 24.3 Å². The van der Waals surface area contributed by atoms with Crippen molar-refractivity contribution in [2.24, 2.45) is 0 Å². The fourth-order valence-electron chi connectivity index (χ4n) is 3.01. The van der Waals surface area contributed by atoms with Crippen molar-refractivity contribution in [3.63, 3.8) is 0 Å². The van der Waals surface area contributed by atoms with Crippen molar-refractivity contribution in [1.29, 1.82) is 0 Å². The van der Waals surface area contributed by atoms with Gasteiger partial charge < -0.3 is 10.1 Å². The predicted molar refractivity (Wildman–Crippen MR) is 89.8 cm³/mol. The molecule has 2 aromatic rings. The maximum Gasteiger partial charge on any atom is 0.220 e. The van der Waals surface area contributed by atoms with Gasteiger partial charge >= 0.3 is 0 Å². The van der Waals surface area contributed by atoms with E-state index >= 15 is 0 Å². The van der Waals surface area contributed by atoms with Crippen LogP contribution in [0.3, 0.4) is 0 Å². The van der Waals surface area contributed by atoms with Gasteiger partial charge in [0.05, 0.1) is 5.69 Å². The van der Waals surface area contributed by atoms with Crippen molar-refractivity contribution in [1.82, 2.24) is 15.3 Å². The summed E-state index contributed by atoms with van der Waals surface area (Å²) in [7, 11) is 0. The Morgan fingerprint density at radius 2 is 1.87 bits per heavy atom. The van der Waals surface area contributed by atoms with Crippen molar-refractivity contribution in [3.05, 3.63) is 52.5 Å². The van der Waals surface area contributed by atoms with Crippen LogP contribution >= 0.6 is 0 Å². The van der Waals surface area contributed by atoms with Gasteiger partial charge in [-0.2, -0.15) is 4.98 Å². The second-order valence-electron chi connectivity index (χ2n) is 6.61. The molecule has 1 aliphatic heterocycles. The smallest absolute Gasteiger partial charge is 0.220 e. The molecule has 4 heteroatoms. The Labute approximate surface area is 137 Å². The molecule has 1 aromatic heterocycles. The first-order valence-corrected chi connectivity index (χ1v) is 8.58. The highest BCUT2D eigenvalue weighted by molar-refractivity contribution is 5.34. The van der Waals surface area contributed by atoms with Gasteiger partial charge in [-0.1, -0.05) is 29.8 Å². The highest BCUT2D eigenvalue weighted by Gasteiger charge is 2.29. The van der Waals surface area contributed by atoms with Crippen LogP contribution in [0, 0.1) is 6.92 Å². The fourth-order valence-corrected chi connectivity index (χ4v) is 3.01. The van der Waals surface area contributed by atoms with Gasteiger partial charge in [0.25, 0.3) is 0 Å². The van der Waals surface area contributed by atoms with E-state index in [2.05, 4.69) is 36.5 Å². The number of aromatic nitrogens is 2. The van der Waals surface area contributed by atoms with E-state index in [1.54, 1.807) is 0 Å². The minimum Gasteiger partial charge on any atom is -0.473 e. The van der Waals surface area contributed by atoms with Gasteiger partial charge in [-0.15, -0.1) is 0 Å². The summed E-state index contributed by atoms with van der Waals surface area (Å²) in [6.07, 6.45) is 4.35. The standard InChI is InChI=1S/C19H23N3O/c1-13-2-4-14(5-3-13)12-23-19-16-8-10-20-11-9-17(16)21-18(22-19)15-6-7-15/h2-5,15,20H,6-12H2,1H3. The molecular formula is C19H23N3O. The van der Waals surface area contributed by atoms with Crippen molar-refractivity contribution in [3.8, 4) is 5.88 Å². The van der Waals surface area contributed by atoms with Crippen LogP contribution in [0.25, 0.3) is 0 Å². The summed E-state index contributed by atoms with van der Waals surface area (Å²) in [5, 5.41) is 3.44. The number of aryl methyl sites for hydroxylation is 1. The molecule has 0 radical (unpaired) electrons. The summed E-state index contributed by atoms with van der Waals surface area (Å²) in [6.45, 7) is 4.64. The van der Waals surface area contributed by atoms with Gasteiger partial charge in [-0.3, -0.25) is 0 Å². The fraction of sp³-hybridized carbons (Fsp3) is 0.474. The molecule has 23 heavy (non-hydrogen) atoms. The molecule has 4 rings (SSSR count). The highest BCUT2D eigenvalue weighted by atomic mass is 16.5. The molecule has 0 amide bonds. The zero-order valence-electron chi connectivity index (χ0n) is 13.6. The molecule has 4 nitrogen and oxygen atoms in total. The third-order valence-electron chi connectivity index (χ3n) is 4.60. The Bertz CT molecular complexity index is 693. The number of benzene rings is 1. The second-order valence-corrected chi connectivity index (χ2v) is 6.61. The zero-order chi connectivity index (χ0) is 15.6. The first-order valence-electron chi connectivity index (χ1n) is 8.58.